The number of urea groups is 1. The molecule has 2 saturated heterocycles. The first kappa shape index (κ1) is 11.8. The first-order valence-electron chi connectivity index (χ1n) is 5.86. The average molecular weight is 242 g/mol. The summed E-state index contributed by atoms with van der Waals surface area (Å²) >= 11 is 1.82. The minimum Gasteiger partial charge on any atom is -0.326 e. The number of hydrogen-bond donors (Lipinski definition) is 1. The number of hydrogen-bond acceptors (Lipinski definition) is 3. The van der Waals surface area contributed by atoms with Gasteiger partial charge in [0.2, 0.25) is 0 Å². The Morgan fingerprint density at radius 3 is 2.75 bits per heavy atom. The van der Waals surface area contributed by atoms with E-state index in [9.17, 15) is 9.59 Å². The van der Waals surface area contributed by atoms with Gasteiger partial charge < -0.3 is 5.32 Å². The zero-order valence-corrected chi connectivity index (χ0v) is 10.5. The van der Waals surface area contributed by atoms with Gasteiger partial charge in [-0.1, -0.05) is 20.3 Å². The molecule has 2 aliphatic rings. The van der Waals surface area contributed by atoms with Crippen molar-refractivity contribution in [2.75, 3.05) is 11.5 Å². The molecule has 90 valence electrons. The Morgan fingerprint density at radius 1 is 1.44 bits per heavy atom. The molecule has 5 heteroatoms. The summed E-state index contributed by atoms with van der Waals surface area (Å²) in [6, 6.07) is -0.377. The zero-order valence-electron chi connectivity index (χ0n) is 9.73. The summed E-state index contributed by atoms with van der Waals surface area (Å²) in [5, 5.41) is 2.78. The van der Waals surface area contributed by atoms with Gasteiger partial charge in [0, 0.05) is 5.75 Å². The second-order valence-electron chi connectivity index (χ2n) is 4.58. The van der Waals surface area contributed by atoms with Crippen molar-refractivity contribution in [3.63, 3.8) is 0 Å². The molecule has 3 amide bonds. The number of imide groups is 1. The van der Waals surface area contributed by atoms with E-state index in [0.717, 1.165) is 24.3 Å². The zero-order chi connectivity index (χ0) is 11.7. The van der Waals surface area contributed by atoms with E-state index in [-0.39, 0.29) is 24.0 Å². The van der Waals surface area contributed by atoms with Crippen molar-refractivity contribution >= 4 is 23.7 Å². The van der Waals surface area contributed by atoms with Crippen LogP contribution < -0.4 is 5.32 Å². The van der Waals surface area contributed by atoms with Crippen molar-refractivity contribution in [3.8, 4) is 0 Å². The smallest absolute Gasteiger partial charge is 0.325 e. The molecule has 0 aromatic rings. The Bertz CT molecular complexity index is 308. The summed E-state index contributed by atoms with van der Waals surface area (Å²) in [7, 11) is 0. The third-order valence-corrected chi connectivity index (χ3v) is 4.63. The molecule has 3 atom stereocenters. The molecular weight excluding hydrogens is 224 g/mol. The van der Waals surface area contributed by atoms with Crippen LogP contribution in [0.3, 0.4) is 0 Å². The van der Waals surface area contributed by atoms with Crippen molar-refractivity contribution in [2.45, 2.75) is 38.8 Å². The van der Waals surface area contributed by atoms with Gasteiger partial charge in [-0.25, -0.2) is 4.79 Å². The molecule has 0 radical (unpaired) electrons. The Hall–Kier alpha value is -0.710. The summed E-state index contributed by atoms with van der Waals surface area (Å²) in [4.78, 5) is 25.3. The minimum absolute atomic E-state index is 0.0220. The molecule has 2 heterocycles. The van der Waals surface area contributed by atoms with E-state index in [0.29, 0.717) is 5.92 Å². The Kier molecular flexibility index (Phi) is 3.42. The molecule has 0 aromatic carbocycles. The summed E-state index contributed by atoms with van der Waals surface area (Å²) < 4.78 is 0. The first-order chi connectivity index (χ1) is 7.65. The van der Waals surface area contributed by atoms with Crippen LogP contribution >= 0.6 is 11.8 Å². The Labute approximate surface area is 100 Å². The standard InChI is InChI=1S/C11H18N2O2S/c1-3-4-8-10(14)13(11(15)12-8)9-6-16-5-7(9)2/h7-9H,3-6H2,1-2H3,(H,12,15)/t7-,8-,9+/m0/s1. The predicted molar refractivity (Wildman–Crippen MR) is 64.4 cm³/mol. The van der Waals surface area contributed by atoms with Gasteiger partial charge in [0.1, 0.15) is 6.04 Å². The molecule has 0 unspecified atom stereocenters. The van der Waals surface area contributed by atoms with Crippen LogP contribution in [-0.4, -0.2) is 40.4 Å². The van der Waals surface area contributed by atoms with Crippen LogP contribution in [0.25, 0.3) is 0 Å². The van der Waals surface area contributed by atoms with Crippen molar-refractivity contribution in [1.82, 2.24) is 10.2 Å². The van der Waals surface area contributed by atoms with Crippen molar-refractivity contribution in [2.24, 2.45) is 5.92 Å². The van der Waals surface area contributed by atoms with Gasteiger partial charge in [0.05, 0.1) is 6.04 Å². The lowest BCUT2D eigenvalue weighted by atomic mass is 10.0. The third kappa shape index (κ3) is 1.93. The maximum atomic E-state index is 12.1. The van der Waals surface area contributed by atoms with E-state index in [1.165, 1.54) is 4.90 Å². The summed E-state index contributed by atoms with van der Waals surface area (Å²) in [6.45, 7) is 4.13. The van der Waals surface area contributed by atoms with Gasteiger partial charge in [-0.2, -0.15) is 11.8 Å². The number of thioether (sulfide) groups is 1. The largest absolute Gasteiger partial charge is 0.326 e. The van der Waals surface area contributed by atoms with Crippen LogP contribution in [0.2, 0.25) is 0 Å². The highest BCUT2D eigenvalue weighted by Gasteiger charge is 2.44. The fraction of sp³-hybridized carbons (Fsp3) is 0.818. The highest BCUT2D eigenvalue weighted by Crippen LogP contribution is 2.30. The molecule has 4 nitrogen and oxygen atoms in total. The van der Waals surface area contributed by atoms with Crippen LogP contribution in [0.5, 0.6) is 0 Å². The van der Waals surface area contributed by atoms with Gasteiger partial charge >= 0.3 is 6.03 Å². The molecule has 1 N–H and O–H groups in total. The third-order valence-electron chi connectivity index (χ3n) is 3.29. The number of nitrogens with one attached hydrogen (secondary N) is 1. The maximum Gasteiger partial charge on any atom is 0.325 e. The molecular formula is C11H18N2O2S. The number of amides is 3. The van der Waals surface area contributed by atoms with Gasteiger partial charge in [-0.15, -0.1) is 0 Å². The summed E-state index contributed by atoms with van der Waals surface area (Å²) in [5.74, 6) is 2.32. The van der Waals surface area contributed by atoms with Gasteiger partial charge in [0.15, 0.2) is 0 Å². The highest BCUT2D eigenvalue weighted by molar-refractivity contribution is 7.99. The van der Waals surface area contributed by atoms with Crippen LogP contribution in [0.15, 0.2) is 0 Å². The van der Waals surface area contributed by atoms with Crippen LogP contribution in [0.4, 0.5) is 4.79 Å². The average Bonchev–Trinajstić information content (AvgIpc) is 2.74. The van der Waals surface area contributed by atoms with E-state index in [1.807, 2.05) is 18.7 Å². The van der Waals surface area contributed by atoms with Gasteiger partial charge in [0.25, 0.3) is 5.91 Å². The SMILES string of the molecule is CCC[C@@H]1NC(=O)N([C@@H]2CSC[C@@H]2C)C1=O. The quantitative estimate of drug-likeness (QED) is 0.762. The molecule has 16 heavy (non-hydrogen) atoms. The second kappa shape index (κ2) is 4.65. The van der Waals surface area contributed by atoms with Gasteiger partial charge in [-0.3, -0.25) is 9.69 Å². The first-order valence-corrected chi connectivity index (χ1v) is 7.02. The Balaban J connectivity index is 2.10. The lowest BCUT2D eigenvalue weighted by molar-refractivity contribution is -0.129. The molecule has 0 aromatic heterocycles. The van der Waals surface area contributed by atoms with E-state index < -0.39 is 0 Å². The Morgan fingerprint density at radius 2 is 2.19 bits per heavy atom. The number of carbonyl (C=O) groups is 2. The molecule has 0 aliphatic carbocycles. The number of nitrogens with zero attached hydrogens (tertiary/aromatic N) is 1. The molecule has 0 saturated carbocycles. The molecule has 2 fully saturated rings. The maximum absolute atomic E-state index is 12.1. The van der Waals surface area contributed by atoms with Crippen LogP contribution in [0, 0.1) is 5.92 Å². The van der Waals surface area contributed by atoms with E-state index in [1.54, 1.807) is 0 Å². The highest BCUT2D eigenvalue weighted by atomic mass is 32.2. The fourth-order valence-corrected chi connectivity index (χ4v) is 3.77. The van der Waals surface area contributed by atoms with Crippen LogP contribution in [0.1, 0.15) is 26.7 Å². The number of rotatable bonds is 3. The van der Waals surface area contributed by atoms with E-state index in [2.05, 4.69) is 12.2 Å². The van der Waals surface area contributed by atoms with Crippen LogP contribution in [-0.2, 0) is 4.79 Å². The second-order valence-corrected chi connectivity index (χ2v) is 5.66. The van der Waals surface area contributed by atoms with Crippen molar-refractivity contribution in [3.05, 3.63) is 0 Å². The lowest BCUT2D eigenvalue weighted by Crippen LogP contribution is -2.44. The summed E-state index contributed by atoms with van der Waals surface area (Å²) in [6.07, 6.45) is 1.66. The molecule has 2 rings (SSSR count). The normalized spacial score (nSPS) is 34.6. The van der Waals surface area contributed by atoms with E-state index in [4.69, 9.17) is 0 Å². The van der Waals surface area contributed by atoms with E-state index >= 15 is 0 Å². The monoisotopic (exact) mass is 242 g/mol. The molecule has 2 aliphatic heterocycles. The van der Waals surface area contributed by atoms with Crippen molar-refractivity contribution in [1.29, 1.82) is 0 Å². The summed E-state index contributed by atoms with van der Waals surface area (Å²) in [5.41, 5.74) is 0. The molecule has 0 spiro atoms. The van der Waals surface area contributed by atoms with Crippen molar-refractivity contribution < 1.29 is 9.59 Å². The fourth-order valence-electron chi connectivity index (χ4n) is 2.33. The van der Waals surface area contributed by atoms with Gasteiger partial charge in [-0.05, 0) is 18.1 Å². The minimum atomic E-state index is -0.282. The molecule has 0 bridgehead atoms. The topological polar surface area (TPSA) is 49.4 Å². The lowest BCUT2D eigenvalue weighted by Gasteiger charge is -2.23. The predicted octanol–water partition coefficient (Wildman–Crippen LogP) is 1.46. The number of carbonyl (C=O) groups excluding carboxylic acids is 2.